The van der Waals surface area contributed by atoms with Gasteiger partial charge in [0.05, 0.1) is 0 Å². The van der Waals surface area contributed by atoms with E-state index in [2.05, 4.69) is 51.8 Å². The van der Waals surface area contributed by atoms with Crippen LogP contribution in [0.15, 0.2) is 0 Å². The molecule has 2 aliphatic rings. The molecule has 0 amide bonds. The van der Waals surface area contributed by atoms with Gasteiger partial charge in [-0.05, 0) is 57.4 Å². The summed E-state index contributed by atoms with van der Waals surface area (Å²) in [4.78, 5) is 2.78. The molecule has 1 saturated carbocycles. The van der Waals surface area contributed by atoms with Crippen molar-refractivity contribution in [2.24, 2.45) is 11.3 Å². The third-order valence-corrected chi connectivity index (χ3v) is 5.53. The third kappa shape index (κ3) is 3.52. The molecule has 112 valence electrons. The molecular weight excluding hydrogens is 232 g/mol. The number of piperazine rings is 1. The molecule has 0 radical (unpaired) electrons. The van der Waals surface area contributed by atoms with Gasteiger partial charge in [0.1, 0.15) is 0 Å². The fourth-order valence-electron chi connectivity index (χ4n) is 3.31. The lowest BCUT2D eigenvalue weighted by Gasteiger charge is -2.53. The molecule has 1 aliphatic carbocycles. The Kier molecular flexibility index (Phi) is 4.06. The van der Waals surface area contributed by atoms with E-state index in [1.807, 2.05) is 0 Å². The van der Waals surface area contributed by atoms with Gasteiger partial charge in [0.15, 0.2) is 0 Å². The van der Waals surface area contributed by atoms with Crippen LogP contribution in [-0.4, -0.2) is 35.6 Å². The largest absolute Gasteiger partial charge is 0.308 e. The van der Waals surface area contributed by atoms with Gasteiger partial charge in [-0.2, -0.15) is 0 Å². The Bertz CT molecular complexity index is 316. The van der Waals surface area contributed by atoms with E-state index in [1.165, 1.54) is 38.8 Å². The van der Waals surface area contributed by atoms with Crippen molar-refractivity contribution >= 4 is 0 Å². The van der Waals surface area contributed by atoms with Crippen molar-refractivity contribution in [3.63, 3.8) is 0 Å². The summed E-state index contributed by atoms with van der Waals surface area (Å²) >= 11 is 0. The number of rotatable bonds is 4. The molecule has 2 fully saturated rings. The fraction of sp³-hybridized carbons (Fsp3) is 1.00. The monoisotopic (exact) mass is 266 g/mol. The molecule has 19 heavy (non-hydrogen) atoms. The van der Waals surface area contributed by atoms with Gasteiger partial charge in [-0.3, -0.25) is 4.90 Å². The van der Waals surface area contributed by atoms with Gasteiger partial charge in [-0.1, -0.05) is 27.7 Å². The average Bonchev–Trinajstić information content (AvgIpc) is 3.14. The van der Waals surface area contributed by atoms with E-state index in [4.69, 9.17) is 0 Å². The van der Waals surface area contributed by atoms with Crippen molar-refractivity contribution in [3.05, 3.63) is 0 Å². The Morgan fingerprint density at radius 1 is 1.21 bits per heavy atom. The average molecular weight is 266 g/mol. The quantitative estimate of drug-likeness (QED) is 0.835. The van der Waals surface area contributed by atoms with Crippen LogP contribution < -0.4 is 5.32 Å². The molecule has 2 unspecified atom stereocenters. The second-order valence-corrected chi connectivity index (χ2v) is 8.63. The number of hydrogen-bond donors (Lipinski definition) is 1. The standard InChI is InChI=1S/C17H34N2/c1-7-16(5)12-18-17(6,14-8-9-14)13-19(16)11-10-15(2,3)4/h14,18H,7-13H2,1-6H3. The van der Waals surface area contributed by atoms with Crippen LogP contribution in [-0.2, 0) is 0 Å². The molecule has 2 rings (SSSR count). The third-order valence-electron chi connectivity index (χ3n) is 5.53. The lowest BCUT2D eigenvalue weighted by molar-refractivity contribution is 0.00410. The highest BCUT2D eigenvalue weighted by atomic mass is 15.3. The molecule has 2 heteroatoms. The SMILES string of the molecule is CCC1(C)CNC(C)(C2CC2)CN1CCC(C)(C)C. The Labute approximate surface area is 120 Å². The van der Waals surface area contributed by atoms with Crippen molar-refractivity contribution in [1.82, 2.24) is 10.2 Å². The minimum absolute atomic E-state index is 0.347. The highest BCUT2D eigenvalue weighted by Crippen LogP contribution is 2.43. The van der Waals surface area contributed by atoms with Crippen LogP contribution in [0.25, 0.3) is 0 Å². The van der Waals surface area contributed by atoms with Crippen molar-refractivity contribution < 1.29 is 0 Å². The Morgan fingerprint density at radius 3 is 2.32 bits per heavy atom. The highest BCUT2D eigenvalue weighted by Gasteiger charge is 2.48. The van der Waals surface area contributed by atoms with E-state index in [0.717, 1.165) is 12.5 Å². The molecule has 0 aromatic carbocycles. The summed E-state index contributed by atoms with van der Waals surface area (Å²) in [5.74, 6) is 0.922. The summed E-state index contributed by atoms with van der Waals surface area (Å²) in [7, 11) is 0. The molecule has 1 N–H and O–H groups in total. The minimum Gasteiger partial charge on any atom is -0.308 e. The topological polar surface area (TPSA) is 15.3 Å². The van der Waals surface area contributed by atoms with Crippen LogP contribution in [0.1, 0.15) is 67.2 Å². The first kappa shape index (κ1) is 15.3. The summed E-state index contributed by atoms with van der Waals surface area (Å²) in [6, 6.07) is 0. The first-order valence-electron chi connectivity index (χ1n) is 8.19. The molecule has 0 aromatic rings. The molecule has 1 saturated heterocycles. The first-order chi connectivity index (χ1) is 8.69. The summed E-state index contributed by atoms with van der Waals surface area (Å²) in [6.07, 6.45) is 5.40. The highest BCUT2D eigenvalue weighted by molar-refractivity contribution is 5.07. The Hall–Kier alpha value is -0.0800. The van der Waals surface area contributed by atoms with E-state index in [9.17, 15) is 0 Å². The summed E-state index contributed by atoms with van der Waals surface area (Å²) in [5.41, 5.74) is 1.15. The second-order valence-electron chi connectivity index (χ2n) is 8.63. The predicted molar refractivity (Wildman–Crippen MR) is 83.5 cm³/mol. The molecule has 1 heterocycles. The van der Waals surface area contributed by atoms with Crippen molar-refractivity contribution in [2.45, 2.75) is 78.3 Å². The summed E-state index contributed by atoms with van der Waals surface area (Å²) < 4.78 is 0. The molecule has 0 spiro atoms. The number of nitrogens with one attached hydrogen (secondary N) is 1. The molecule has 1 aliphatic heterocycles. The van der Waals surface area contributed by atoms with Gasteiger partial charge in [0, 0.05) is 24.2 Å². The maximum atomic E-state index is 3.88. The van der Waals surface area contributed by atoms with Gasteiger partial charge in [0.25, 0.3) is 0 Å². The zero-order valence-electron chi connectivity index (χ0n) is 14.0. The van der Waals surface area contributed by atoms with Gasteiger partial charge in [-0.15, -0.1) is 0 Å². The molecule has 2 atom stereocenters. The van der Waals surface area contributed by atoms with E-state index >= 15 is 0 Å². The van der Waals surface area contributed by atoms with Crippen LogP contribution in [0, 0.1) is 11.3 Å². The number of hydrogen-bond acceptors (Lipinski definition) is 2. The van der Waals surface area contributed by atoms with Crippen molar-refractivity contribution in [1.29, 1.82) is 0 Å². The van der Waals surface area contributed by atoms with Gasteiger partial charge in [-0.25, -0.2) is 0 Å². The van der Waals surface area contributed by atoms with Gasteiger partial charge >= 0.3 is 0 Å². The zero-order valence-corrected chi connectivity index (χ0v) is 14.0. The van der Waals surface area contributed by atoms with Crippen LogP contribution in [0.3, 0.4) is 0 Å². The normalized spacial score (nSPS) is 37.6. The molecule has 2 nitrogen and oxygen atoms in total. The molecule has 0 bridgehead atoms. The van der Waals surface area contributed by atoms with Gasteiger partial charge in [0.2, 0.25) is 0 Å². The van der Waals surface area contributed by atoms with Crippen LogP contribution in [0.4, 0.5) is 0 Å². The Morgan fingerprint density at radius 2 is 1.84 bits per heavy atom. The van der Waals surface area contributed by atoms with E-state index in [0.29, 0.717) is 16.5 Å². The Balaban J connectivity index is 2.04. The fourth-order valence-corrected chi connectivity index (χ4v) is 3.31. The molecule has 0 aromatic heterocycles. The van der Waals surface area contributed by atoms with Crippen molar-refractivity contribution in [2.75, 3.05) is 19.6 Å². The second kappa shape index (κ2) is 5.04. The lowest BCUT2D eigenvalue weighted by atomic mass is 9.83. The van der Waals surface area contributed by atoms with Crippen molar-refractivity contribution in [3.8, 4) is 0 Å². The zero-order chi connectivity index (χ0) is 14.3. The van der Waals surface area contributed by atoms with Crippen LogP contribution in [0.2, 0.25) is 0 Å². The van der Waals surface area contributed by atoms with E-state index in [1.54, 1.807) is 0 Å². The van der Waals surface area contributed by atoms with Crippen LogP contribution >= 0.6 is 0 Å². The predicted octanol–water partition coefficient (Wildman–Crippen LogP) is 3.67. The molecular formula is C17H34N2. The minimum atomic E-state index is 0.347. The maximum absolute atomic E-state index is 3.88. The van der Waals surface area contributed by atoms with Crippen LogP contribution in [0.5, 0.6) is 0 Å². The summed E-state index contributed by atoms with van der Waals surface area (Å²) in [6.45, 7) is 17.9. The lowest BCUT2D eigenvalue weighted by Crippen LogP contribution is -2.69. The maximum Gasteiger partial charge on any atom is 0.0309 e. The van der Waals surface area contributed by atoms with E-state index in [-0.39, 0.29) is 0 Å². The smallest absolute Gasteiger partial charge is 0.0309 e. The first-order valence-corrected chi connectivity index (χ1v) is 8.19. The van der Waals surface area contributed by atoms with Gasteiger partial charge < -0.3 is 5.32 Å². The number of nitrogens with zero attached hydrogens (tertiary/aromatic N) is 1. The summed E-state index contributed by atoms with van der Waals surface area (Å²) in [5, 5.41) is 3.88. The van der Waals surface area contributed by atoms with E-state index < -0.39 is 0 Å².